The van der Waals surface area contributed by atoms with Gasteiger partial charge in [-0.2, -0.15) is 0 Å². The third kappa shape index (κ3) is 2.70. The van der Waals surface area contributed by atoms with Gasteiger partial charge in [0.1, 0.15) is 0 Å². The van der Waals surface area contributed by atoms with Crippen LogP contribution in [0.4, 0.5) is 5.69 Å². The Morgan fingerprint density at radius 1 is 1.33 bits per heavy atom. The first-order valence-corrected chi connectivity index (χ1v) is 6.17. The van der Waals surface area contributed by atoms with Crippen molar-refractivity contribution in [2.24, 2.45) is 0 Å². The highest BCUT2D eigenvalue weighted by Gasteiger charge is 2.26. The molecular weight excluding hydrogens is 230 g/mol. The third-order valence-electron chi connectivity index (χ3n) is 3.39. The number of ketones is 1. The monoisotopic (exact) mass is 247 g/mol. The van der Waals surface area contributed by atoms with Crippen molar-refractivity contribution in [2.45, 2.75) is 32.2 Å². The van der Waals surface area contributed by atoms with Crippen molar-refractivity contribution in [1.82, 2.24) is 0 Å². The molecule has 2 rings (SSSR count). The first-order chi connectivity index (χ1) is 8.58. The van der Waals surface area contributed by atoms with E-state index in [4.69, 9.17) is 5.11 Å². The molecule has 0 aromatic heterocycles. The maximum atomic E-state index is 11.2. The SMILES string of the molecule is CC(=O)c1ccc(N2CCCC2CC(=O)O)cc1. The Labute approximate surface area is 106 Å². The number of carbonyl (C=O) groups is 2. The second-order valence-corrected chi connectivity index (χ2v) is 4.69. The molecule has 1 unspecified atom stereocenters. The van der Waals surface area contributed by atoms with Crippen molar-refractivity contribution in [3.05, 3.63) is 29.8 Å². The van der Waals surface area contributed by atoms with Crippen LogP contribution in [0.3, 0.4) is 0 Å². The first kappa shape index (κ1) is 12.6. The van der Waals surface area contributed by atoms with E-state index in [2.05, 4.69) is 4.90 Å². The minimum Gasteiger partial charge on any atom is -0.481 e. The number of benzene rings is 1. The van der Waals surface area contributed by atoms with E-state index in [9.17, 15) is 9.59 Å². The fourth-order valence-electron chi connectivity index (χ4n) is 2.48. The van der Waals surface area contributed by atoms with Crippen LogP contribution >= 0.6 is 0 Å². The molecule has 1 aromatic carbocycles. The van der Waals surface area contributed by atoms with Crippen LogP contribution in [0.25, 0.3) is 0 Å². The topological polar surface area (TPSA) is 57.6 Å². The van der Waals surface area contributed by atoms with Gasteiger partial charge in [0.05, 0.1) is 6.42 Å². The van der Waals surface area contributed by atoms with Gasteiger partial charge in [-0.15, -0.1) is 0 Å². The second-order valence-electron chi connectivity index (χ2n) is 4.69. The summed E-state index contributed by atoms with van der Waals surface area (Å²) in [5.41, 5.74) is 1.69. The summed E-state index contributed by atoms with van der Waals surface area (Å²) in [5, 5.41) is 8.88. The quantitative estimate of drug-likeness (QED) is 0.830. The van der Waals surface area contributed by atoms with Gasteiger partial charge in [0, 0.05) is 23.8 Å². The summed E-state index contributed by atoms with van der Waals surface area (Å²) in [7, 11) is 0. The van der Waals surface area contributed by atoms with Gasteiger partial charge in [0.2, 0.25) is 0 Å². The molecule has 0 aliphatic carbocycles. The zero-order chi connectivity index (χ0) is 13.1. The molecule has 0 amide bonds. The lowest BCUT2D eigenvalue weighted by molar-refractivity contribution is -0.137. The van der Waals surface area contributed by atoms with Crippen LogP contribution in [0.5, 0.6) is 0 Å². The molecule has 96 valence electrons. The number of hydrogen-bond acceptors (Lipinski definition) is 3. The Hall–Kier alpha value is -1.84. The van der Waals surface area contributed by atoms with Crippen LogP contribution in [-0.4, -0.2) is 29.4 Å². The molecule has 1 aliphatic heterocycles. The van der Waals surface area contributed by atoms with Crippen molar-refractivity contribution < 1.29 is 14.7 Å². The van der Waals surface area contributed by atoms with E-state index in [0.29, 0.717) is 5.56 Å². The van der Waals surface area contributed by atoms with E-state index in [1.54, 1.807) is 12.1 Å². The Morgan fingerprint density at radius 2 is 2.00 bits per heavy atom. The Morgan fingerprint density at radius 3 is 2.56 bits per heavy atom. The minimum atomic E-state index is -0.757. The number of hydrogen-bond donors (Lipinski definition) is 1. The van der Waals surface area contributed by atoms with Gasteiger partial charge in [0.15, 0.2) is 5.78 Å². The van der Waals surface area contributed by atoms with E-state index in [1.165, 1.54) is 6.92 Å². The van der Waals surface area contributed by atoms with Crippen molar-refractivity contribution in [1.29, 1.82) is 0 Å². The predicted molar refractivity (Wildman–Crippen MR) is 69.1 cm³/mol. The molecule has 18 heavy (non-hydrogen) atoms. The summed E-state index contributed by atoms with van der Waals surface area (Å²) in [4.78, 5) is 24.1. The number of carboxylic acids is 1. The van der Waals surface area contributed by atoms with Gasteiger partial charge in [-0.25, -0.2) is 0 Å². The van der Waals surface area contributed by atoms with Crippen LogP contribution in [-0.2, 0) is 4.79 Å². The molecule has 1 saturated heterocycles. The molecule has 0 radical (unpaired) electrons. The van der Waals surface area contributed by atoms with Crippen LogP contribution in [0.1, 0.15) is 36.5 Å². The van der Waals surface area contributed by atoms with E-state index in [1.807, 2.05) is 12.1 Å². The van der Waals surface area contributed by atoms with Gasteiger partial charge in [-0.05, 0) is 44.0 Å². The lowest BCUT2D eigenvalue weighted by Crippen LogP contribution is -2.31. The summed E-state index contributed by atoms with van der Waals surface area (Å²) >= 11 is 0. The molecular formula is C14H17NO3. The number of carboxylic acid groups (broad SMARTS) is 1. The average Bonchev–Trinajstić information content (AvgIpc) is 2.76. The molecule has 1 aromatic rings. The van der Waals surface area contributed by atoms with Crippen LogP contribution < -0.4 is 4.90 Å². The first-order valence-electron chi connectivity index (χ1n) is 6.17. The Bertz CT molecular complexity index is 453. The highest BCUT2D eigenvalue weighted by Crippen LogP contribution is 2.27. The molecule has 4 nitrogen and oxygen atoms in total. The summed E-state index contributed by atoms with van der Waals surface area (Å²) in [6.07, 6.45) is 2.11. The number of carbonyl (C=O) groups excluding carboxylic acids is 1. The number of anilines is 1. The second kappa shape index (κ2) is 5.21. The lowest BCUT2D eigenvalue weighted by Gasteiger charge is -2.25. The molecule has 1 aliphatic rings. The summed E-state index contributed by atoms with van der Waals surface area (Å²) < 4.78 is 0. The molecule has 0 bridgehead atoms. The minimum absolute atomic E-state index is 0.0463. The molecule has 0 spiro atoms. The molecule has 4 heteroatoms. The molecule has 1 N–H and O–H groups in total. The number of nitrogens with zero attached hydrogens (tertiary/aromatic N) is 1. The smallest absolute Gasteiger partial charge is 0.305 e. The highest BCUT2D eigenvalue weighted by molar-refractivity contribution is 5.94. The van der Waals surface area contributed by atoms with Crippen molar-refractivity contribution in [3.8, 4) is 0 Å². The van der Waals surface area contributed by atoms with E-state index < -0.39 is 5.97 Å². The van der Waals surface area contributed by atoms with Crippen molar-refractivity contribution >= 4 is 17.4 Å². The number of rotatable bonds is 4. The third-order valence-corrected chi connectivity index (χ3v) is 3.39. The zero-order valence-electron chi connectivity index (χ0n) is 10.4. The van der Waals surface area contributed by atoms with E-state index in [0.717, 1.165) is 25.1 Å². The van der Waals surface area contributed by atoms with Gasteiger partial charge >= 0.3 is 5.97 Å². The van der Waals surface area contributed by atoms with Gasteiger partial charge in [-0.3, -0.25) is 9.59 Å². The Balaban J connectivity index is 2.14. The maximum absolute atomic E-state index is 11.2. The lowest BCUT2D eigenvalue weighted by atomic mass is 10.1. The van der Waals surface area contributed by atoms with Gasteiger partial charge < -0.3 is 10.0 Å². The van der Waals surface area contributed by atoms with Gasteiger partial charge in [-0.1, -0.05) is 0 Å². The maximum Gasteiger partial charge on any atom is 0.305 e. The molecule has 1 heterocycles. The fourth-order valence-corrected chi connectivity index (χ4v) is 2.48. The summed E-state index contributed by atoms with van der Waals surface area (Å²) in [5.74, 6) is -0.711. The average molecular weight is 247 g/mol. The highest BCUT2D eigenvalue weighted by atomic mass is 16.4. The number of Topliss-reactive ketones (excluding diaryl/α,β-unsaturated/α-hetero) is 1. The standard InChI is InChI=1S/C14H17NO3/c1-10(16)11-4-6-12(7-5-11)15-8-2-3-13(15)9-14(17)18/h4-7,13H,2-3,8-9H2,1H3,(H,17,18). The van der Waals surface area contributed by atoms with E-state index >= 15 is 0 Å². The number of aliphatic carboxylic acids is 1. The largest absolute Gasteiger partial charge is 0.481 e. The van der Waals surface area contributed by atoms with Crippen LogP contribution in [0.2, 0.25) is 0 Å². The van der Waals surface area contributed by atoms with Crippen LogP contribution in [0.15, 0.2) is 24.3 Å². The summed E-state index contributed by atoms with van der Waals surface area (Å²) in [6.45, 7) is 2.43. The summed E-state index contributed by atoms with van der Waals surface area (Å²) in [6, 6.07) is 7.47. The normalized spacial score (nSPS) is 18.9. The van der Waals surface area contributed by atoms with Crippen LogP contribution in [0, 0.1) is 0 Å². The molecule has 1 atom stereocenters. The van der Waals surface area contributed by atoms with Gasteiger partial charge in [0.25, 0.3) is 0 Å². The van der Waals surface area contributed by atoms with Crippen molar-refractivity contribution in [2.75, 3.05) is 11.4 Å². The molecule has 1 fully saturated rings. The van der Waals surface area contributed by atoms with Crippen molar-refractivity contribution in [3.63, 3.8) is 0 Å². The predicted octanol–water partition coefficient (Wildman–Crippen LogP) is 2.33. The van der Waals surface area contributed by atoms with E-state index in [-0.39, 0.29) is 18.2 Å². The molecule has 0 saturated carbocycles. The zero-order valence-corrected chi connectivity index (χ0v) is 10.4. The fraction of sp³-hybridized carbons (Fsp3) is 0.429. The Kier molecular flexibility index (Phi) is 3.65.